The van der Waals surface area contributed by atoms with E-state index in [0.29, 0.717) is 11.4 Å². The zero-order valence-electron chi connectivity index (χ0n) is 11.7. The molecule has 1 fully saturated rings. The van der Waals surface area contributed by atoms with E-state index in [1.807, 2.05) is 17.0 Å². The van der Waals surface area contributed by atoms with E-state index in [0.717, 1.165) is 19.4 Å². The number of amides is 1. The maximum atomic E-state index is 12.4. The fourth-order valence-electron chi connectivity index (χ4n) is 2.71. The summed E-state index contributed by atoms with van der Waals surface area (Å²) in [5, 5.41) is 4.17. The Morgan fingerprint density at radius 2 is 2.24 bits per heavy atom. The van der Waals surface area contributed by atoms with Crippen LogP contribution in [0.25, 0.3) is 0 Å². The minimum Gasteiger partial charge on any atom is -0.482 e. The number of nitrogens with two attached hydrogens (primary N) is 1. The van der Waals surface area contributed by atoms with Crippen LogP contribution in [0, 0.1) is 0 Å². The van der Waals surface area contributed by atoms with E-state index in [9.17, 15) is 4.79 Å². The number of para-hydroxylation sites is 2. The number of hydrogen-bond donors (Lipinski definition) is 1. The predicted molar refractivity (Wildman–Crippen MR) is 84.4 cm³/mol. The van der Waals surface area contributed by atoms with E-state index in [1.54, 1.807) is 23.5 Å². The third-order valence-electron chi connectivity index (χ3n) is 3.77. The lowest BCUT2D eigenvalue weighted by molar-refractivity contribution is -0.134. The molecule has 0 aliphatic carbocycles. The summed E-state index contributed by atoms with van der Waals surface area (Å²) in [7, 11) is 0. The molecule has 110 valence electrons. The molecule has 1 atom stereocenters. The third kappa shape index (κ3) is 3.03. The Morgan fingerprint density at radius 3 is 3.00 bits per heavy atom. The Balaban J connectivity index is 1.64. The van der Waals surface area contributed by atoms with Crippen LogP contribution < -0.4 is 10.5 Å². The van der Waals surface area contributed by atoms with Gasteiger partial charge in [0.25, 0.3) is 5.91 Å². The highest BCUT2D eigenvalue weighted by atomic mass is 32.1. The summed E-state index contributed by atoms with van der Waals surface area (Å²) < 4.78 is 5.56. The lowest BCUT2D eigenvalue weighted by atomic mass is 10.1. The summed E-state index contributed by atoms with van der Waals surface area (Å²) in [6, 6.07) is 9.53. The van der Waals surface area contributed by atoms with Crippen LogP contribution in [0.2, 0.25) is 0 Å². The molecule has 1 aliphatic heterocycles. The summed E-state index contributed by atoms with van der Waals surface area (Å²) in [5.41, 5.74) is 7.60. The number of benzene rings is 1. The van der Waals surface area contributed by atoms with Crippen molar-refractivity contribution in [3.05, 3.63) is 46.7 Å². The number of thiophene rings is 1. The number of carbonyl (C=O) groups is 1. The molecule has 21 heavy (non-hydrogen) atoms. The molecule has 3 rings (SSSR count). The summed E-state index contributed by atoms with van der Waals surface area (Å²) in [5.74, 6) is 0.587. The van der Waals surface area contributed by atoms with E-state index < -0.39 is 0 Å². The highest BCUT2D eigenvalue weighted by Gasteiger charge is 2.30. The summed E-state index contributed by atoms with van der Waals surface area (Å²) in [4.78, 5) is 14.3. The first-order chi connectivity index (χ1) is 10.3. The maximum absolute atomic E-state index is 12.4. The van der Waals surface area contributed by atoms with Crippen LogP contribution in [0.3, 0.4) is 0 Å². The molecule has 4 nitrogen and oxygen atoms in total. The first-order valence-corrected chi connectivity index (χ1v) is 7.99. The zero-order chi connectivity index (χ0) is 14.7. The molecule has 5 heteroatoms. The topological polar surface area (TPSA) is 55.6 Å². The van der Waals surface area contributed by atoms with Crippen molar-refractivity contribution in [3.8, 4) is 5.75 Å². The van der Waals surface area contributed by atoms with Gasteiger partial charge in [-0.2, -0.15) is 11.3 Å². The molecule has 2 heterocycles. The molecule has 1 amide bonds. The number of ether oxygens (including phenoxy) is 1. The SMILES string of the molecule is Nc1ccccc1OCC(=O)N1CCCC1c1ccsc1. The van der Waals surface area contributed by atoms with Gasteiger partial charge in [0, 0.05) is 6.54 Å². The van der Waals surface area contributed by atoms with Gasteiger partial charge in [-0.1, -0.05) is 12.1 Å². The van der Waals surface area contributed by atoms with Gasteiger partial charge in [-0.3, -0.25) is 4.79 Å². The van der Waals surface area contributed by atoms with Crippen LogP contribution in [0.15, 0.2) is 41.1 Å². The fraction of sp³-hybridized carbons (Fsp3) is 0.312. The molecular formula is C16H18N2O2S. The minimum absolute atomic E-state index is 0.0203. The van der Waals surface area contributed by atoms with Crippen molar-refractivity contribution in [1.29, 1.82) is 0 Å². The fourth-order valence-corrected chi connectivity index (χ4v) is 3.42. The average molecular weight is 302 g/mol. The summed E-state index contributed by atoms with van der Waals surface area (Å²) in [6.07, 6.45) is 2.07. The van der Waals surface area contributed by atoms with Gasteiger partial charge in [0.2, 0.25) is 0 Å². The van der Waals surface area contributed by atoms with Crippen LogP contribution in [-0.4, -0.2) is 24.0 Å². The number of rotatable bonds is 4. The van der Waals surface area contributed by atoms with Crippen molar-refractivity contribution in [1.82, 2.24) is 4.90 Å². The lowest BCUT2D eigenvalue weighted by Crippen LogP contribution is -2.34. The van der Waals surface area contributed by atoms with Gasteiger partial charge < -0.3 is 15.4 Å². The van der Waals surface area contributed by atoms with Gasteiger partial charge >= 0.3 is 0 Å². The second kappa shape index (κ2) is 6.18. The first kappa shape index (κ1) is 13.9. The number of hydrogen-bond acceptors (Lipinski definition) is 4. The number of nitrogens with zero attached hydrogens (tertiary/aromatic N) is 1. The molecular weight excluding hydrogens is 284 g/mol. The summed E-state index contributed by atoms with van der Waals surface area (Å²) >= 11 is 1.67. The number of anilines is 1. The standard InChI is InChI=1S/C16H18N2O2S/c17-13-4-1-2-6-15(13)20-10-16(19)18-8-3-5-14(18)12-7-9-21-11-12/h1-2,4,6-7,9,11,14H,3,5,8,10,17H2. The smallest absolute Gasteiger partial charge is 0.261 e. The average Bonchev–Trinajstić information content (AvgIpc) is 3.16. The van der Waals surface area contributed by atoms with Gasteiger partial charge in [-0.25, -0.2) is 0 Å². The quantitative estimate of drug-likeness (QED) is 0.883. The Hall–Kier alpha value is -2.01. The molecule has 0 saturated carbocycles. The third-order valence-corrected chi connectivity index (χ3v) is 4.47. The lowest BCUT2D eigenvalue weighted by Gasteiger charge is -2.24. The molecule has 0 spiro atoms. The molecule has 2 aromatic rings. The maximum Gasteiger partial charge on any atom is 0.261 e. The summed E-state index contributed by atoms with van der Waals surface area (Å²) in [6.45, 7) is 0.835. The van der Waals surface area contributed by atoms with Crippen LogP contribution in [0.5, 0.6) is 5.75 Å². The molecule has 1 aromatic heterocycles. The zero-order valence-corrected chi connectivity index (χ0v) is 12.5. The number of nitrogen functional groups attached to an aromatic ring is 1. The van der Waals surface area contributed by atoms with Crippen LogP contribution in [0.4, 0.5) is 5.69 Å². The Labute approximate surface area is 128 Å². The van der Waals surface area contributed by atoms with Gasteiger partial charge in [-0.15, -0.1) is 0 Å². The first-order valence-electron chi connectivity index (χ1n) is 7.04. The highest BCUT2D eigenvalue weighted by molar-refractivity contribution is 7.07. The molecule has 0 radical (unpaired) electrons. The normalized spacial score (nSPS) is 17.9. The van der Waals surface area contributed by atoms with Crippen LogP contribution in [-0.2, 0) is 4.79 Å². The second-order valence-corrected chi connectivity index (χ2v) is 5.91. The Morgan fingerprint density at radius 1 is 1.38 bits per heavy atom. The Bertz CT molecular complexity index is 612. The highest BCUT2D eigenvalue weighted by Crippen LogP contribution is 2.33. The molecule has 0 bridgehead atoms. The van der Waals surface area contributed by atoms with E-state index in [1.165, 1.54) is 5.56 Å². The van der Waals surface area contributed by atoms with Crippen molar-refractivity contribution in [2.75, 3.05) is 18.9 Å². The molecule has 1 saturated heterocycles. The second-order valence-electron chi connectivity index (χ2n) is 5.13. The van der Waals surface area contributed by atoms with Crippen molar-refractivity contribution in [2.24, 2.45) is 0 Å². The molecule has 1 unspecified atom stereocenters. The molecule has 2 N–H and O–H groups in total. The van der Waals surface area contributed by atoms with Crippen LogP contribution in [0.1, 0.15) is 24.4 Å². The van der Waals surface area contributed by atoms with Crippen molar-refractivity contribution in [3.63, 3.8) is 0 Å². The Kier molecular flexibility index (Phi) is 4.10. The van der Waals surface area contributed by atoms with E-state index in [4.69, 9.17) is 10.5 Å². The van der Waals surface area contributed by atoms with Gasteiger partial charge in [-0.05, 0) is 47.4 Å². The largest absolute Gasteiger partial charge is 0.482 e. The van der Waals surface area contributed by atoms with Gasteiger partial charge in [0.15, 0.2) is 6.61 Å². The van der Waals surface area contributed by atoms with Crippen molar-refractivity contribution >= 4 is 22.9 Å². The minimum atomic E-state index is 0.0203. The van der Waals surface area contributed by atoms with Crippen LogP contribution >= 0.6 is 11.3 Å². The van der Waals surface area contributed by atoms with Gasteiger partial charge in [0.05, 0.1) is 11.7 Å². The van der Waals surface area contributed by atoms with E-state index in [-0.39, 0.29) is 18.6 Å². The van der Waals surface area contributed by atoms with E-state index in [2.05, 4.69) is 16.8 Å². The molecule has 1 aromatic carbocycles. The molecule has 1 aliphatic rings. The van der Waals surface area contributed by atoms with Crippen molar-refractivity contribution < 1.29 is 9.53 Å². The number of likely N-dealkylation sites (tertiary alicyclic amines) is 1. The monoisotopic (exact) mass is 302 g/mol. The number of carbonyl (C=O) groups excluding carboxylic acids is 1. The van der Waals surface area contributed by atoms with E-state index >= 15 is 0 Å². The van der Waals surface area contributed by atoms with Gasteiger partial charge in [0.1, 0.15) is 5.75 Å². The van der Waals surface area contributed by atoms with Crippen molar-refractivity contribution in [2.45, 2.75) is 18.9 Å². The predicted octanol–water partition coefficient (Wildman–Crippen LogP) is 3.07.